The molecule has 0 bridgehead atoms. The van der Waals surface area contributed by atoms with Gasteiger partial charge in [-0.25, -0.2) is 9.97 Å². The molecule has 0 atom stereocenters. The van der Waals surface area contributed by atoms with Gasteiger partial charge in [-0.15, -0.1) is 0 Å². The summed E-state index contributed by atoms with van der Waals surface area (Å²) in [5.74, 6) is 1.17. The molecule has 0 aliphatic carbocycles. The maximum atomic E-state index is 12.0. The fourth-order valence-electron chi connectivity index (χ4n) is 2.04. The van der Waals surface area contributed by atoms with Crippen LogP contribution in [0.2, 0.25) is 0 Å². The van der Waals surface area contributed by atoms with Gasteiger partial charge >= 0.3 is 6.01 Å². The number of methoxy groups -OCH3 is 4. The molecule has 0 saturated heterocycles. The molecule has 0 spiro atoms. The quantitative estimate of drug-likeness (QED) is 0.769. The molecule has 1 aromatic carbocycles. The molecule has 8 nitrogen and oxygen atoms in total. The molecule has 0 saturated carbocycles. The second-order valence-corrected chi connectivity index (χ2v) is 4.74. The van der Waals surface area contributed by atoms with Gasteiger partial charge in [-0.1, -0.05) is 0 Å². The van der Waals surface area contributed by atoms with Gasteiger partial charge in [0.2, 0.25) is 11.7 Å². The molecule has 0 aliphatic rings. The van der Waals surface area contributed by atoms with Crippen molar-refractivity contribution in [2.24, 2.45) is 0 Å². The Bertz CT molecular complexity index is 734. The zero-order valence-corrected chi connectivity index (χ0v) is 14.4. The molecule has 2 rings (SSSR count). The molecule has 1 aromatic heterocycles. The minimum Gasteiger partial charge on any atom is -0.493 e. The molecule has 0 radical (unpaired) electrons. The molecule has 132 valence electrons. The van der Waals surface area contributed by atoms with Gasteiger partial charge in [-0.2, -0.15) is 0 Å². The number of aromatic nitrogens is 2. The van der Waals surface area contributed by atoms with Crippen LogP contribution in [-0.4, -0.2) is 44.3 Å². The lowest BCUT2D eigenvalue weighted by Gasteiger charge is -2.12. The van der Waals surface area contributed by atoms with Crippen LogP contribution in [0.15, 0.2) is 30.6 Å². The predicted octanol–water partition coefficient (Wildman–Crippen LogP) is 2.16. The summed E-state index contributed by atoms with van der Waals surface area (Å²) in [5.41, 5.74) is 1.18. The van der Waals surface area contributed by atoms with E-state index in [9.17, 15) is 4.79 Å². The van der Waals surface area contributed by atoms with Crippen LogP contribution < -0.4 is 24.3 Å². The Balaban J connectivity index is 2.13. The minimum atomic E-state index is -0.331. The first-order valence-electron chi connectivity index (χ1n) is 7.26. The topological polar surface area (TPSA) is 91.8 Å². The van der Waals surface area contributed by atoms with Crippen molar-refractivity contribution in [3.63, 3.8) is 0 Å². The van der Waals surface area contributed by atoms with Crippen molar-refractivity contribution in [1.29, 1.82) is 0 Å². The Hall–Kier alpha value is -3.29. The average molecular weight is 345 g/mol. The monoisotopic (exact) mass is 345 g/mol. The lowest BCUT2D eigenvalue weighted by molar-refractivity contribution is -0.111. The fourth-order valence-corrected chi connectivity index (χ4v) is 2.04. The highest BCUT2D eigenvalue weighted by Crippen LogP contribution is 2.38. The Kier molecular flexibility index (Phi) is 6.16. The van der Waals surface area contributed by atoms with Crippen LogP contribution in [0.25, 0.3) is 6.08 Å². The molecule has 0 aliphatic heterocycles. The summed E-state index contributed by atoms with van der Waals surface area (Å²) in [6.45, 7) is 0. The third-order valence-electron chi connectivity index (χ3n) is 3.19. The molecule has 2 aromatic rings. The van der Waals surface area contributed by atoms with Crippen molar-refractivity contribution in [3.05, 3.63) is 36.2 Å². The van der Waals surface area contributed by atoms with Crippen molar-refractivity contribution >= 4 is 17.7 Å². The van der Waals surface area contributed by atoms with Crippen molar-refractivity contribution in [2.45, 2.75) is 0 Å². The number of benzene rings is 1. The highest BCUT2D eigenvalue weighted by Gasteiger charge is 2.12. The number of anilines is 1. The number of hydrogen-bond donors (Lipinski definition) is 1. The zero-order valence-electron chi connectivity index (χ0n) is 14.4. The van der Waals surface area contributed by atoms with Crippen molar-refractivity contribution < 1.29 is 23.7 Å². The number of amides is 1. The van der Waals surface area contributed by atoms with Crippen LogP contribution in [0.5, 0.6) is 23.3 Å². The lowest BCUT2D eigenvalue weighted by Crippen LogP contribution is -2.08. The second kappa shape index (κ2) is 8.53. The van der Waals surface area contributed by atoms with Gasteiger partial charge < -0.3 is 24.3 Å². The summed E-state index contributed by atoms with van der Waals surface area (Å²) in [6, 6.07) is 3.70. The number of carbonyl (C=O) groups excluding carboxylic acids is 1. The summed E-state index contributed by atoms with van der Waals surface area (Å²) in [7, 11) is 6.05. The van der Waals surface area contributed by atoms with Crippen molar-refractivity contribution in [1.82, 2.24) is 9.97 Å². The highest BCUT2D eigenvalue weighted by molar-refractivity contribution is 6.01. The number of nitrogens with zero attached hydrogens (tertiary/aromatic N) is 2. The van der Waals surface area contributed by atoms with Crippen LogP contribution in [0.3, 0.4) is 0 Å². The van der Waals surface area contributed by atoms with E-state index in [0.29, 0.717) is 22.9 Å². The van der Waals surface area contributed by atoms with Crippen LogP contribution >= 0.6 is 0 Å². The number of hydrogen-bond acceptors (Lipinski definition) is 7. The van der Waals surface area contributed by atoms with Crippen LogP contribution in [-0.2, 0) is 4.79 Å². The first kappa shape index (κ1) is 18.1. The van der Waals surface area contributed by atoms with Gasteiger partial charge in [0.25, 0.3) is 0 Å². The Morgan fingerprint density at radius 2 is 1.56 bits per heavy atom. The maximum absolute atomic E-state index is 12.0. The summed E-state index contributed by atoms with van der Waals surface area (Å²) < 4.78 is 20.7. The second-order valence-electron chi connectivity index (χ2n) is 4.74. The number of ether oxygens (including phenoxy) is 4. The molecule has 25 heavy (non-hydrogen) atoms. The molecule has 0 fully saturated rings. The smallest absolute Gasteiger partial charge is 0.316 e. The predicted molar refractivity (Wildman–Crippen MR) is 92.3 cm³/mol. The first-order valence-corrected chi connectivity index (χ1v) is 7.26. The molecule has 1 heterocycles. The van der Waals surface area contributed by atoms with Gasteiger partial charge in [0.05, 0.1) is 46.5 Å². The Morgan fingerprint density at radius 3 is 2.04 bits per heavy atom. The van der Waals surface area contributed by atoms with Crippen molar-refractivity contribution in [3.8, 4) is 23.3 Å². The van der Waals surface area contributed by atoms with E-state index in [0.717, 1.165) is 5.56 Å². The van der Waals surface area contributed by atoms with E-state index in [2.05, 4.69) is 15.3 Å². The van der Waals surface area contributed by atoms with Gasteiger partial charge in [0.1, 0.15) is 0 Å². The van der Waals surface area contributed by atoms with E-state index in [1.807, 2.05) is 0 Å². The van der Waals surface area contributed by atoms with E-state index in [1.54, 1.807) is 18.2 Å². The van der Waals surface area contributed by atoms with E-state index in [-0.39, 0.29) is 11.9 Å². The molecular weight excluding hydrogens is 326 g/mol. The number of nitrogens with one attached hydrogen (secondary N) is 1. The lowest BCUT2D eigenvalue weighted by atomic mass is 10.1. The van der Waals surface area contributed by atoms with Crippen LogP contribution in [0.4, 0.5) is 5.69 Å². The number of carbonyl (C=O) groups is 1. The summed E-state index contributed by atoms with van der Waals surface area (Å²) >= 11 is 0. The zero-order chi connectivity index (χ0) is 18.2. The Labute approximate surface area is 145 Å². The molecule has 1 N–H and O–H groups in total. The normalized spacial score (nSPS) is 10.4. The third kappa shape index (κ3) is 4.60. The van der Waals surface area contributed by atoms with Gasteiger partial charge in [-0.05, 0) is 23.8 Å². The molecular formula is C17H19N3O5. The standard InChI is InChI=1S/C17H19N3O5/c1-22-13-7-11(8-14(23-2)16(13)24-3)5-6-15(21)20-12-9-18-17(25-4)19-10-12/h5-10H,1-4H3,(H,20,21)/b6-5+. The number of rotatable bonds is 7. The summed E-state index contributed by atoms with van der Waals surface area (Å²) in [4.78, 5) is 19.8. The van der Waals surface area contributed by atoms with Crippen molar-refractivity contribution in [2.75, 3.05) is 33.8 Å². The molecule has 8 heteroatoms. The molecule has 1 amide bonds. The SMILES string of the molecule is COc1ncc(NC(=O)/C=C/c2cc(OC)c(OC)c(OC)c2)cn1. The van der Waals surface area contributed by atoms with Crippen LogP contribution in [0, 0.1) is 0 Å². The average Bonchev–Trinajstić information content (AvgIpc) is 2.65. The van der Waals surface area contributed by atoms with E-state index < -0.39 is 0 Å². The van der Waals surface area contributed by atoms with Crippen LogP contribution in [0.1, 0.15) is 5.56 Å². The highest BCUT2D eigenvalue weighted by atomic mass is 16.5. The Morgan fingerprint density at radius 1 is 0.960 bits per heavy atom. The van der Waals surface area contributed by atoms with Gasteiger partial charge in [0, 0.05) is 6.08 Å². The van der Waals surface area contributed by atoms with E-state index in [1.165, 1.54) is 46.9 Å². The maximum Gasteiger partial charge on any atom is 0.316 e. The molecule has 0 unspecified atom stereocenters. The van der Waals surface area contributed by atoms with E-state index in [4.69, 9.17) is 18.9 Å². The summed E-state index contributed by atoms with van der Waals surface area (Å²) in [5, 5.41) is 2.65. The minimum absolute atomic E-state index is 0.228. The van der Waals surface area contributed by atoms with Gasteiger partial charge in [-0.3, -0.25) is 4.79 Å². The summed E-state index contributed by atoms with van der Waals surface area (Å²) in [6.07, 6.45) is 5.92. The van der Waals surface area contributed by atoms with E-state index >= 15 is 0 Å². The van der Waals surface area contributed by atoms with Gasteiger partial charge in [0.15, 0.2) is 11.5 Å². The fraction of sp³-hybridized carbons (Fsp3) is 0.235. The first-order chi connectivity index (χ1) is 12.1. The third-order valence-corrected chi connectivity index (χ3v) is 3.19. The largest absolute Gasteiger partial charge is 0.493 e.